The lowest BCUT2D eigenvalue weighted by Gasteiger charge is -2.22. The van der Waals surface area contributed by atoms with E-state index in [1.807, 2.05) is 0 Å². The topological polar surface area (TPSA) is 0 Å². The summed E-state index contributed by atoms with van der Waals surface area (Å²) >= 11 is 0. The monoisotopic (exact) mass is 846 g/mol. The molecule has 0 unspecified atom stereocenters. The molecule has 0 amide bonds. The zero-order valence-corrected chi connectivity index (χ0v) is 37.3. The summed E-state index contributed by atoms with van der Waals surface area (Å²) in [5.41, 5.74) is 26.0. The van der Waals surface area contributed by atoms with Gasteiger partial charge < -0.3 is 0 Å². The first-order valence-corrected chi connectivity index (χ1v) is 23.6. The zero-order chi connectivity index (χ0) is 44.1. The molecule has 0 nitrogen and oxygen atoms in total. The van der Waals surface area contributed by atoms with Gasteiger partial charge in [0.1, 0.15) is 0 Å². The molecule has 0 aliphatic heterocycles. The highest BCUT2D eigenvalue weighted by Gasteiger charge is 2.36. The summed E-state index contributed by atoms with van der Waals surface area (Å²) in [7, 11) is 0. The molecule has 15 rings (SSSR count). The maximum Gasteiger partial charge on any atom is 0.0159 e. The van der Waals surface area contributed by atoms with Gasteiger partial charge in [0, 0.05) is 5.41 Å². The van der Waals surface area contributed by atoms with E-state index in [0.717, 1.165) is 0 Å². The lowest BCUT2D eigenvalue weighted by Crippen LogP contribution is -2.15. The Hall–Kier alpha value is -8.32. The summed E-state index contributed by atoms with van der Waals surface area (Å²) in [6, 6.07) is 82.6. The van der Waals surface area contributed by atoms with E-state index < -0.39 is 0 Å². The van der Waals surface area contributed by atoms with Gasteiger partial charge in [0.25, 0.3) is 0 Å². The van der Waals surface area contributed by atoms with Gasteiger partial charge in [0.05, 0.1) is 0 Å². The van der Waals surface area contributed by atoms with Crippen molar-refractivity contribution in [2.75, 3.05) is 0 Å². The Bertz CT molecular complexity index is 3770. The van der Waals surface area contributed by atoms with Crippen molar-refractivity contribution in [2.24, 2.45) is 0 Å². The van der Waals surface area contributed by atoms with Crippen molar-refractivity contribution in [3.05, 3.63) is 230 Å². The van der Waals surface area contributed by atoms with Crippen LogP contribution in [-0.4, -0.2) is 0 Å². The summed E-state index contributed by atoms with van der Waals surface area (Å²) in [5, 5.41) is 10.5. The molecule has 0 atom stereocenters. The molecule has 12 aromatic rings. The molecule has 0 saturated carbocycles. The van der Waals surface area contributed by atoms with Crippen molar-refractivity contribution in [1.82, 2.24) is 0 Å². The quantitative estimate of drug-likeness (QED) is 0.166. The van der Waals surface area contributed by atoms with Crippen LogP contribution in [0.25, 0.3) is 143 Å². The summed E-state index contributed by atoms with van der Waals surface area (Å²) in [6.07, 6.45) is 0. The largest absolute Gasteiger partial charge is 0.0616 e. The second-order valence-electron chi connectivity index (χ2n) is 19.6. The summed E-state index contributed by atoms with van der Waals surface area (Å²) in [5.74, 6) is 0. The second kappa shape index (κ2) is 13.4. The molecule has 0 N–H and O–H groups in total. The van der Waals surface area contributed by atoms with Crippen molar-refractivity contribution >= 4 is 43.1 Å². The van der Waals surface area contributed by atoms with Crippen LogP contribution in [0, 0.1) is 0 Å². The third-order valence-corrected chi connectivity index (χ3v) is 15.7. The normalized spacial score (nSPS) is 13.3. The van der Waals surface area contributed by atoms with E-state index in [9.17, 15) is 0 Å². The maximum absolute atomic E-state index is 2.44. The van der Waals surface area contributed by atoms with Crippen molar-refractivity contribution < 1.29 is 0 Å². The van der Waals surface area contributed by atoms with Crippen LogP contribution in [0.1, 0.15) is 25.0 Å². The van der Waals surface area contributed by atoms with Crippen LogP contribution in [-0.2, 0) is 5.41 Å². The van der Waals surface area contributed by atoms with E-state index in [-0.39, 0.29) is 5.41 Å². The number of hydrogen-bond acceptors (Lipinski definition) is 0. The van der Waals surface area contributed by atoms with Gasteiger partial charge in [-0.3, -0.25) is 0 Å². The van der Waals surface area contributed by atoms with Gasteiger partial charge in [-0.25, -0.2) is 0 Å². The maximum atomic E-state index is 2.44. The summed E-state index contributed by atoms with van der Waals surface area (Å²) in [6.45, 7) is 4.79. The molecule has 0 aromatic heterocycles. The molecule has 0 spiro atoms. The average molecular weight is 847 g/mol. The van der Waals surface area contributed by atoms with E-state index >= 15 is 0 Å². The zero-order valence-electron chi connectivity index (χ0n) is 37.3. The van der Waals surface area contributed by atoms with Crippen molar-refractivity contribution in [3.63, 3.8) is 0 Å². The molecule has 0 fully saturated rings. The average Bonchev–Trinajstić information content (AvgIpc) is 3.95. The molecule has 67 heavy (non-hydrogen) atoms. The smallest absolute Gasteiger partial charge is 0.0159 e. The van der Waals surface area contributed by atoms with Crippen LogP contribution in [0.15, 0.2) is 218 Å². The van der Waals surface area contributed by atoms with E-state index in [1.54, 1.807) is 0 Å². The fourth-order valence-electron chi connectivity index (χ4n) is 12.4. The van der Waals surface area contributed by atoms with Crippen LogP contribution < -0.4 is 0 Å². The summed E-state index contributed by atoms with van der Waals surface area (Å²) in [4.78, 5) is 0. The first kappa shape index (κ1) is 37.0. The first-order valence-electron chi connectivity index (χ1n) is 23.6. The Balaban J connectivity index is 0.722. The van der Waals surface area contributed by atoms with Crippen LogP contribution in [0.5, 0.6) is 0 Å². The minimum Gasteiger partial charge on any atom is -0.0616 e. The van der Waals surface area contributed by atoms with Crippen molar-refractivity contribution in [2.45, 2.75) is 19.3 Å². The Kier molecular flexibility index (Phi) is 7.38. The molecular weight excluding hydrogens is 805 g/mol. The Morgan fingerprint density at radius 2 is 0.537 bits per heavy atom. The van der Waals surface area contributed by atoms with Crippen molar-refractivity contribution in [1.29, 1.82) is 0 Å². The Morgan fingerprint density at radius 1 is 0.224 bits per heavy atom. The minimum atomic E-state index is -0.140. The number of benzene rings is 12. The fourth-order valence-corrected chi connectivity index (χ4v) is 12.4. The van der Waals surface area contributed by atoms with Gasteiger partial charge in [-0.05, 0) is 191 Å². The van der Waals surface area contributed by atoms with Crippen LogP contribution >= 0.6 is 0 Å². The van der Waals surface area contributed by atoms with E-state index in [1.165, 1.54) is 154 Å². The predicted octanol–water partition coefficient (Wildman–Crippen LogP) is 18.6. The van der Waals surface area contributed by atoms with Crippen molar-refractivity contribution in [3.8, 4) is 100 Å². The molecule has 310 valence electrons. The number of fused-ring (bicyclic) bond motifs is 11. The molecule has 0 heteroatoms. The van der Waals surface area contributed by atoms with Gasteiger partial charge in [-0.15, -0.1) is 0 Å². The Morgan fingerprint density at radius 3 is 0.925 bits per heavy atom. The van der Waals surface area contributed by atoms with Crippen LogP contribution in [0.3, 0.4) is 0 Å². The molecule has 0 heterocycles. The van der Waals surface area contributed by atoms with Gasteiger partial charge in [0.15, 0.2) is 0 Å². The SMILES string of the molecule is CC1(C)c2cc(-c3ccc(-c4ccc5c6c(cccc46)-c4cc6ccccc6cc4-5)cc3)ccc2-c2ccc(-c3ccc(-c4ccc5c6c(cccc46)-c4cc6ccccc6cc4-5)cc3)cc21. The fraction of sp³-hybridized carbons (Fsp3) is 0.0448. The molecule has 3 aliphatic rings. The minimum absolute atomic E-state index is 0.140. The van der Waals surface area contributed by atoms with E-state index in [2.05, 4.69) is 232 Å². The van der Waals surface area contributed by atoms with E-state index in [0.29, 0.717) is 0 Å². The number of hydrogen-bond donors (Lipinski definition) is 0. The van der Waals surface area contributed by atoms with Gasteiger partial charge >= 0.3 is 0 Å². The highest BCUT2D eigenvalue weighted by Crippen LogP contribution is 2.54. The van der Waals surface area contributed by atoms with E-state index in [4.69, 9.17) is 0 Å². The molecule has 0 saturated heterocycles. The predicted molar refractivity (Wildman–Crippen MR) is 285 cm³/mol. The van der Waals surface area contributed by atoms with Crippen LogP contribution in [0.2, 0.25) is 0 Å². The Labute approximate surface area is 390 Å². The highest BCUT2D eigenvalue weighted by atomic mass is 14.4. The molecule has 0 radical (unpaired) electrons. The third-order valence-electron chi connectivity index (χ3n) is 15.7. The van der Waals surface area contributed by atoms with Crippen LogP contribution in [0.4, 0.5) is 0 Å². The number of rotatable bonds is 4. The molecule has 3 aliphatic carbocycles. The molecule has 0 bridgehead atoms. The second-order valence-corrected chi connectivity index (χ2v) is 19.6. The first-order chi connectivity index (χ1) is 32.9. The lowest BCUT2D eigenvalue weighted by molar-refractivity contribution is 0.661. The lowest BCUT2D eigenvalue weighted by atomic mass is 9.80. The standard InChI is InChI=1S/C67H42/c1-67(2)63-37-47(39-17-21-41(22-18-39)49-29-31-57-61-35-45-11-5-3-9-43(45)33-59(61)55-15-7-13-53(49)65(55)57)25-27-51(63)52-28-26-48(38-64(52)67)40-19-23-42(24-20-40)50-30-32-58-62-36-46-12-6-4-10-44(46)34-60(62)56-16-8-14-54(50)66(56)58/h3-38H,1-2H3. The third kappa shape index (κ3) is 5.19. The van der Waals surface area contributed by atoms with Gasteiger partial charge in [-0.1, -0.05) is 196 Å². The highest BCUT2D eigenvalue weighted by molar-refractivity contribution is 6.21. The summed E-state index contributed by atoms with van der Waals surface area (Å²) < 4.78 is 0. The molecular formula is C67H42. The van der Waals surface area contributed by atoms with Gasteiger partial charge in [0.2, 0.25) is 0 Å². The molecule has 12 aromatic carbocycles. The van der Waals surface area contributed by atoms with Gasteiger partial charge in [-0.2, -0.15) is 0 Å².